The molecule has 0 bridgehead atoms. The molecule has 1 aromatic carbocycles. The lowest BCUT2D eigenvalue weighted by Crippen LogP contribution is -2.35. The summed E-state index contributed by atoms with van der Waals surface area (Å²) in [5.74, 6) is 0.950. The SMILES string of the molecule is Cc1oc2ccc(O)c(CN3CCOCC3)c2c1C(C)O. The van der Waals surface area contributed by atoms with Gasteiger partial charge in [0.25, 0.3) is 0 Å². The van der Waals surface area contributed by atoms with Crippen LogP contribution in [0.5, 0.6) is 5.75 Å². The van der Waals surface area contributed by atoms with Crippen LogP contribution < -0.4 is 0 Å². The summed E-state index contributed by atoms with van der Waals surface area (Å²) in [5.41, 5.74) is 2.30. The van der Waals surface area contributed by atoms with E-state index in [0.717, 1.165) is 29.6 Å². The maximum absolute atomic E-state index is 10.3. The number of rotatable bonds is 3. The molecule has 1 aliphatic rings. The Bertz CT molecular complexity index is 641. The van der Waals surface area contributed by atoms with E-state index in [9.17, 15) is 10.2 Å². The van der Waals surface area contributed by atoms with Crippen molar-refractivity contribution in [1.82, 2.24) is 4.90 Å². The van der Waals surface area contributed by atoms with Gasteiger partial charge in [-0.1, -0.05) is 0 Å². The molecular formula is C16H21NO4. The highest BCUT2D eigenvalue weighted by Crippen LogP contribution is 2.37. The Morgan fingerprint density at radius 2 is 2.00 bits per heavy atom. The van der Waals surface area contributed by atoms with Gasteiger partial charge in [-0.05, 0) is 26.0 Å². The maximum Gasteiger partial charge on any atom is 0.135 e. The fourth-order valence-electron chi connectivity index (χ4n) is 3.04. The predicted octanol–water partition coefficient (Wildman–Crippen LogP) is 2.33. The van der Waals surface area contributed by atoms with Gasteiger partial charge >= 0.3 is 0 Å². The second kappa shape index (κ2) is 5.67. The van der Waals surface area contributed by atoms with Crippen molar-refractivity contribution in [2.24, 2.45) is 0 Å². The van der Waals surface area contributed by atoms with Crippen molar-refractivity contribution >= 4 is 11.0 Å². The monoisotopic (exact) mass is 291 g/mol. The third-order valence-corrected chi connectivity index (χ3v) is 4.06. The number of hydrogen-bond acceptors (Lipinski definition) is 5. The molecule has 0 spiro atoms. The van der Waals surface area contributed by atoms with E-state index in [-0.39, 0.29) is 5.75 Å². The van der Waals surface area contributed by atoms with E-state index in [0.29, 0.717) is 31.1 Å². The Morgan fingerprint density at radius 3 is 2.67 bits per heavy atom. The highest BCUT2D eigenvalue weighted by molar-refractivity contribution is 5.88. The number of aliphatic hydroxyl groups excluding tert-OH is 1. The number of nitrogens with zero attached hydrogens (tertiary/aromatic N) is 1. The van der Waals surface area contributed by atoms with Crippen molar-refractivity contribution in [2.45, 2.75) is 26.5 Å². The van der Waals surface area contributed by atoms with Gasteiger partial charge in [-0.3, -0.25) is 4.90 Å². The van der Waals surface area contributed by atoms with E-state index in [1.165, 1.54) is 0 Å². The Hall–Kier alpha value is -1.56. The number of fused-ring (bicyclic) bond motifs is 1. The summed E-state index contributed by atoms with van der Waals surface area (Å²) in [6.45, 7) is 7.31. The Labute approximate surface area is 123 Å². The van der Waals surface area contributed by atoms with Gasteiger partial charge in [0, 0.05) is 36.1 Å². The second-order valence-electron chi connectivity index (χ2n) is 5.57. The summed E-state index contributed by atoms with van der Waals surface area (Å²) in [7, 11) is 0. The van der Waals surface area contributed by atoms with Crippen LogP contribution >= 0.6 is 0 Å². The number of aryl methyl sites for hydroxylation is 1. The summed E-state index contributed by atoms with van der Waals surface area (Å²) in [4.78, 5) is 2.24. The molecule has 3 rings (SSSR count). The van der Waals surface area contributed by atoms with Gasteiger partial charge in [0.05, 0.1) is 19.3 Å². The lowest BCUT2D eigenvalue weighted by molar-refractivity contribution is 0.0340. The standard InChI is InChI=1S/C16H21NO4/c1-10(18)15-11(2)21-14-4-3-13(19)12(16(14)15)9-17-5-7-20-8-6-17/h3-4,10,18-19H,5-9H2,1-2H3. The minimum atomic E-state index is -0.628. The predicted molar refractivity (Wildman–Crippen MR) is 79.3 cm³/mol. The Balaban J connectivity index is 2.08. The van der Waals surface area contributed by atoms with Gasteiger partial charge in [-0.2, -0.15) is 0 Å². The molecule has 21 heavy (non-hydrogen) atoms. The molecule has 1 saturated heterocycles. The molecule has 5 heteroatoms. The van der Waals surface area contributed by atoms with E-state index in [4.69, 9.17) is 9.15 Å². The van der Waals surface area contributed by atoms with Crippen molar-refractivity contribution in [2.75, 3.05) is 26.3 Å². The van der Waals surface area contributed by atoms with Crippen LogP contribution in [0.25, 0.3) is 11.0 Å². The Morgan fingerprint density at radius 1 is 1.29 bits per heavy atom. The molecule has 5 nitrogen and oxygen atoms in total. The number of aromatic hydroxyl groups is 1. The fraction of sp³-hybridized carbons (Fsp3) is 0.500. The number of furan rings is 1. The zero-order valence-corrected chi connectivity index (χ0v) is 12.4. The summed E-state index contributed by atoms with van der Waals surface area (Å²) >= 11 is 0. The highest BCUT2D eigenvalue weighted by Gasteiger charge is 2.22. The van der Waals surface area contributed by atoms with Crippen LogP contribution in [0.3, 0.4) is 0 Å². The van der Waals surface area contributed by atoms with Crippen molar-refractivity contribution < 1.29 is 19.4 Å². The van der Waals surface area contributed by atoms with E-state index < -0.39 is 6.10 Å². The minimum absolute atomic E-state index is 0.247. The number of phenolic OH excluding ortho intramolecular Hbond substituents is 1. The quantitative estimate of drug-likeness (QED) is 0.908. The van der Waals surface area contributed by atoms with Crippen LogP contribution in [0, 0.1) is 6.92 Å². The van der Waals surface area contributed by atoms with E-state index in [2.05, 4.69) is 4.90 Å². The molecule has 0 amide bonds. The molecule has 1 unspecified atom stereocenters. The number of hydrogen-bond donors (Lipinski definition) is 2. The molecule has 114 valence electrons. The maximum atomic E-state index is 10.3. The van der Waals surface area contributed by atoms with Gasteiger partial charge in [0.1, 0.15) is 17.1 Å². The molecule has 0 aliphatic carbocycles. The summed E-state index contributed by atoms with van der Waals surface area (Å²) < 4.78 is 11.1. The lowest BCUT2D eigenvalue weighted by atomic mass is 10.00. The van der Waals surface area contributed by atoms with Crippen molar-refractivity contribution in [3.05, 3.63) is 29.0 Å². The minimum Gasteiger partial charge on any atom is -0.508 e. The third kappa shape index (κ3) is 2.64. The first-order valence-corrected chi connectivity index (χ1v) is 7.30. The van der Waals surface area contributed by atoms with Gasteiger partial charge in [-0.15, -0.1) is 0 Å². The first-order valence-electron chi connectivity index (χ1n) is 7.30. The number of aliphatic hydroxyl groups is 1. The fourth-order valence-corrected chi connectivity index (χ4v) is 3.04. The van der Waals surface area contributed by atoms with E-state index >= 15 is 0 Å². The molecule has 0 saturated carbocycles. The summed E-state index contributed by atoms with van der Waals surface area (Å²) in [5, 5.41) is 21.2. The molecular weight excluding hydrogens is 270 g/mol. The molecule has 0 radical (unpaired) electrons. The molecule has 1 atom stereocenters. The van der Waals surface area contributed by atoms with Gasteiger partial charge < -0.3 is 19.4 Å². The van der Waals surface area contributed by atoms with Crippen molar-refractivity contribution in [3.63, 3.8) is 0 Å². The topological polar surface area (TPSA) is 66.1 Å². The zero-order chi connectivity index (χ0) is 15.0. The van der Waals surface area contributed by atoms with Crippen LogP contribution in [-0.4, -0.2) is 41.4 Å². The van der Waals surface area contributed by atoms with E-state index in [1.807, 2.05) is 6.92 Å². The molecule has 2 heterocycles. The van der Waals surface area contributed by atoms with Gasteiger partial charge in [0.15, 0.2) is 0 Å². The Kier molecular flexibility index (Phi) is 3.89. The molecule has 1 aromatic heterocycles. The largest absolute Gasteiger partial charge is 0.508 e. The van der Waals surface area contributed by atoms with E-state index in [1.54, 1.807) is 19.1 Å². The molecule has 2 aromatic rings. The lowest BCUT2D eigenvalue weighted by Gasteiger charge is -2.27. The van der Waals surface area contributed by atoms with Crippen molar-refractivity contribution in [3.8, 4) is 5.75 Å². The number of benzene rings is 1. The summed E-state index contributed by atoms with van der Waals surface area (Å²) in [6.07, 6.45) is -0.628. The number of morpholine rings is 1. The number of phenols is 1. The average Bonchev–Trinajstić information content (AvgIpc) is 2.80. The van der Waals surface area contributed by atoms with Crippen LogP contribution in [0.4, 0.5) is 0 Å². The van der Waals surface area contributed by atoms with Crippen LogP contribution in [0.2, 0.25) is 0 Å². The van der Waals surface area contributed by atoms with Crippen LogP contribution in [-0.2, 0) is 11.3 Å². The van der Waals surface area contributed by atoms with Crippen LogP contribution in [0.1, 0.15) is 29.9 Å². The smallest absolute Gasteiger partial charge is 0.135 e. The molecule has 1 fully saturated rings. The second-order valence-corrected chi connectivity index (χ2v) is 5.57. The van der Waals surface area contributed by atoms with Crippen LogP contribution in [0.15, 0.2) is 16.5 Å². The summed E-state index contributed by atoms with van der Waals surface area (Å²) in [6, 6.07) is 3.42. The average molecular weight is 291 g/mol. The van der Waals surface area contributed by atoms with Gasteiger partial charge in [-0.25, -0.2) is 0 Å². The highest BCUT2D eigenvalue weighted by atomic mass is 16.5. The third-order valence-electron chi connectivity index (χ3n) is 4.06. The van der Waals surface area contributed by atoms with Crippen molar-refractivity contribution in [1.29, 1.82) is 0 Å². The normalized spacial score (nSPS) is 18.2. The first kappa shape index (κ1) is 14.4. The zero-order valence-electron chi connectivity index (χ0n) is 12.4. The molecule has 2 N–H and O–H groups in total. The van der Waals surface area contributed by atoms with Gasteiger partial charge in [0.2, 0.25) is 0 Å². The number of ether oxygens (including phenoxy) is 1. The first-order chi connectivity index (χ1) is 10.1. The molecule has 1 aliphatic heterocycles.